The van der Waals surface area contributed by atoms with Crippen LogP contribution in [0.15, 0.2) is 12.2 Å². The first-order chi connectivity index (χ1) is 12.2. The van der Waals surface area contributed by atoms with Crippen LogP contribution < -0.4 is 17.0 Å². The number of rotatable bonds is 19. The minimum Gasteiger partial charge on any atom is -1.00 e. The van der Waals surface area contributed by atoms with Crippen LogP contribution in [0.2, 0.25) is 0 Å². The molecule has 0 heterocycles. The van der Waals surface area contributed by atoms with Gasteiger partial charge in [0.25, 0.3) is 0 Å². The van der Waals surface area contributed by atoms with Crippen LogP contribution in [0.25, 0.3) is 0 Å². The van der Waals surface area contributed by atoms with Crippen LogP contribution in [0.1, 0.15) is 118 Å². The maximum absolute atomic E-state index is 2.43. The van der Waals surface area contributed by atoms with E-state index < -0.39 is 0 Å². The molecule has 0 aliphatic heterocycles. The van der Waals surface area contributed by atoms with E-state index in [2.05, 4.69) is 39.8 Å². The fourth-order valence-electron chi connectivity index (χ4n) is 3.84. The number of hydrogen-bond donors (Lipinski definition) is 0. The minimum atomic E-state index is 0. The highest BCUT2D eigenvalue weighted by Gasteiger charge is 2.19. The quantitative estimate of drug-likeness (QED) is 0.155. The van der Waals surface area contributed by atoms with Gasteiger partial charge in [0.2, 0.25) is 0 Å². The Kier molecular flexibility index (Phi) is 23.5. The average Bonchev–Trinajstić information content (AvgIpc) is 2.65. The Morgan fingerprint density at radius 2 is 0.885 bits per heavy atom. The van der Waals surface area contributed by atoms with Crippen molar-refractivity contribution in [1.29, 1.82) is 0 Å². The predicted molar refractivity (Wildman–Crippen MR) is 116 cm³/mol. The van der Waals surface area contributed by atoms with Crippen molar-refractivity contribution in [1.82, 2.24) is 0 Å². The van der Waals surface area contributed by atoms with Crippen molar-refractivity contribution < 1.29 is 21.5 Å². The molecule has 0 bridgehead atoms. The summed E-state index contributed by atoms with van der Waals surface area (Å²) in [6.45, 7) is 14.7. The summed E-state index contributed by atoms with van der Waals surface area (Å²) >= 11 is 0. The smallest absolute Gasteiger partial charge is 0.0786 e. The highest BCUT2D eigenvalue weighted by Crippen LogP contribution is 2.13. The van der Waals surface area contributed by atoms with Gasteiger partial charge in [-0.15, -0.1) is 0 Å². The van der Waals surface area contributed by atoms with Crippen LogP contribution in [0.3, 0.4) is 0 Å². The van der Waals surface area contributed by atoms with Gasteiger partial charge in [-0.3, -0.25) is 0 Å². The fourth-order valence-corrected chi connectivity index (χ4v) is 3.84. The molecule has 26 heavy (non-hydrogen) atoms. The van der Waals surface area contributed by atoms with Gasteiger partial charge in [-0.1, -0.05) is 70.4 Å². The van der Waals surface area contributed by atoms with Crippen molar-refractivity contribution in [2.24, 2.45) is 0 Å². The average molecular weight is 433 g/mol. The fraction of sp³-hybridized carbons (Fsp3) is 0.917. The molecule has 0 spiro atoms. The van der Waals surface area contributed by atoms with Crippen molar-refractivity contribution in [3.8, 4) is 0 Å². The molecule has 0 aliphatic carbocycles. The summed E-state index contributed by atoms with van der Waals surface area (Å²) in [6.07, 6.45) is 24.5. The van der Waals surface area contributed by atoms with Gasteiger partial charge in [0, 0.05) is 0 Å². The molecule has 0 saturated heterocycles. The molecule has 0 unspecified atom stereocenters. The lowest BCUT2D eigenvalue weighted by Gasteiger charge is -2.35. The molecular formula is C24H50BrN. The normalized spacial score (nSPS) is 11.8. The highest BCUT2D eigenvalue weighted by molar-refractivity contribution is 4.81. The number of hydrogen-bond acceptors (Lipinski definition) is 0. The lowest BCUT2D eigenvalue weighted by molar-refractivity contribution is -0.923. The molecule has 0 fully saturated rings. The lowest BCUT2D eigenvalue weighted by atomic mass is 10.1. The van der Waals surface area contributed by atoms with Gasteiger partial charge in [0.05, 0.1) is 26.2 Å². The molecule has 0 amide bonds. The third kappa shape index (κ3) is 16.4. The second-order valence-corrected chi connectivity index (χ2v) is 7.95. The van der Waals surface area contributed by atoms with Crippen molar-refractivity contribution in [2.75, 3.05) is 26.2 Å². The number of allylic oxidation sites excluding steroid dienone is 2. The van der Waals surface area contributed by atoms with E-state index in [1.54, 1.807) is 0 Å². The van der Waals surface area contributed by atoms with Crippen LogP contribution in [0.4, 0.5) is 0 Å². The zero-order chi connectivity index (χ0) is 18.6. The molecule has 0 aliphatic rings. The van der Waals surface area contributed by atoms with E-state index in [0.717, 1.165) is 0 Å². The minimum absolute atomic E-state index is 0. The lowest BCUT2D eigenvalue weighted by Crippen LogP contribution is -3.00. The van der Waals surface area contributed by atoms with E-state index in [4.69, 9.17) is 0 Å². The molecule has 0 N–H and O–H groups in total. The maximum atomic E-state index is 2.43. The standard InChI is InChI=1S/C24H50N.BrH/c1-5-9-10-11-12-13-14-15-16-17-18-19-20-21-22-23-24-25(6-2,7-3)8-4;/h15-16H,5-14,17-24H2,1-4H3;1H/q+1;/p-1. The van der Waals surface area contributed by atoms with E-state index in [-0.39, 0.29) is 17.0 Å². The summed E-state index contributed by atoms with van der Waals surface area (Å²) < 4.78 is 1.32. The zero-order valence-corrected chi connectivity index (χ0v) is 20.3. The van der Waals surface area contributed by atoms with Crippen molar-refractivity contribution >= 4 is 0 Å². The van der Waals surface area contributed by atoms with Crippen molar-refractivity contribution in [3.63, 3.8) is 0 Å². The van der Waals surface area contributed by atoms with Crippen LogP contribution >= 0.6 is 0 Å². The van der Waals surface area contributed by atoms with E-state index in [0.29, 0.717) is 0 Å². The molecular weight excluding hydrogens is 382 g/mol. The van der Waals surface area contributed by atoms with E-state index in [9.17, 15) is 0 Å². The Hall–Kier alpha value is 0.180. The Labute approximate surface area is 177 Å². The van der Waals surface area contributed by atoms with Gasteiger partial charge in [-0.25, -0.2) is 0 Å². The van der Waals surface area contributed by atoms with Crippen molar-refractivity contribution in [3.05, 3.63) is 12.2 Å². The molecule has 0 rings (SSSR count). The summed E-state index contributed by atoms with van der Waals surface area (Å²) in [5.74, 6) is 0. The summed E-state index contributed by atoms with van der Waals surface area (Å²) in [7, 11) is 0. The van der Waals surface area contributed by atoms with Crippen LogP contribution in [0.5, 0.6) is 0 Å². The predicted octanol–water partition coefficient (Wildman–Crippen LogP) is 4.90. The molecule has 0 atom stereocenters. The molecule has 0 aromatic heterocycles. The largest absolute Gasteiger partial charge is 1.00 e. The van der Waals surface area contributed by atoms with Crippen LogP contribution in [-0.2, 0) is 0 Å². The van der Waals surface area contributed by atoms with Gasteiger partial charge in [-0.05, 0) is 59.3 Å². The SMILES string of the molecule is CCCCCCCCC=CCCCCCCCC[N+](CC)(CC)CC.[Br-]. The summed E-state index contributed by atoms with van der Waals surface area (Å²) in [5.41, 5.74) is 0. The first-order valence-corrected chi connectivity index (χ1v) is 11.7. The highest BCUT2D eigenvalue weighted by atomic mass is 79.9. The van der Waals surface area contributed by atoms with Crippen LogP contribution in [-0.4, -0.2) is 30.7 Å². The second-order valence-electron chi connectivity index (χ2n) is 7.95. The van der Waals surface area contributed by atoms with Gasteiger partial charge >= 0.3 is 0 Å². The zero-order valence-electron chi connectivity index (χ0n) is 18.7. The monoisotopic (exact) mass is 431 g/mol. The molecule has 0 aromatic carbocycles. The molecule has 158 valence electrons. The molecule has 2 heteroatoms. The van der Waals surface area contributed by atoms with Gasteiger partial charge in [0.15, 0.2) is 0 Å². The van der Waals surface area contributed by atoms with Gasteiger partial charge < -0.3 is 21.5 Å². The number of halogens is 1. The molecule has 0 radical (unpaired) electrons. The first kappa shape index (κ1) is 28.4. The van der Waals surface area contributed by atoms with Crippen LogP contribution in [0, 0.1) is 0 Å². The second kappa shape index (κ2) is 21.5. The number of quaternary nitrogens is 1. The number of unbranched alkanes of at least 4 members (excludes halogenated alkanes) is 12. The summed E-state index contributed by atoms with van der Waals surface area (Å²) in [6, 6.07) is 0. The van der Waals surface area contributed by atoms with E-state index in [1.165, 1.54) is 121 Å². The topological polar surface area (TPSA) is 0 Å². The first-order valence-electron chi connectivity index (χ1n) is 11.7. The Morgan fingerprint density at radius 1 is 0.500 bits per heavy atom. The summed E-state index contributed by atoms with van der Waals surface area (Å²) in [5, 5.41) is 0. The van der Waals surface area contributed by atoms with E-state index in [1.807, 2.05) is 0 Å². The van der Waals surface area contributed by atoms with Gasteiger partial charge in [-0.2, -0.15) is 0 Å². The number of nitrogens with zero attached hydrogens (tertiary/aromatic N) is 1. The van der Waals surface area contributed by atoms with Gasteiger partial charge in [0.1, 0.15) is 0 Å². The third-order valence-electron chi connectivity index (χ3n) is 6.16. The van der Waals surface area contributed by atoms with E-state index >= 15 is 0 Å². The Balaban J connectivity index is 0. The third-order valence-corrected chi connectivity index (χ3v) is 6.16. The Bertz CT molecular complexity index is 276. The molecule has 1 nitrogen and oxygen atoms in total. The molecule has 0 aromatic rings. The van der Waals surface area contributed by atoms with Crippen molar-refractivity contribution in [2.45, 2.75) is 118 Å². The Morgan fingerprint density at radius 3 is 1.31 bits per heavy atom. The molecule has 0 saturated carbocycles. The maximum Gasteiger partial charge on any atom is 0.0786 e. The summed E-state index contributed by atoms with van der Waals surface area (Å²) in [4.78, 5) is 0.